The highest BCUT2D eigenvalue weighted by Crippen LogP contribution is 2.33. The summed E-state index contributed by atoms with van der Waals surface area (Å²) in [5.74, 6) is 0.679. The third kappa shape index (κ3) is 3.54. The molecule has 0 aromatic heterocycles. The summed E-state index contributed by atoms with van der Waals surface area (Å²) >= 11 is 0. The van der Waals surface area contributed by atoms with Gasteiger partial charge in [-0.3, -0.25) is 15.2 Å². The van der Waals surface area contributed by atoms with E-state index in [2.05, 4.69) is 31.3 Å². The molecular formula is C24H23N3O. The molecule has 1 fully saturated rings. The van der Waals surface area contributed by atoms with Crippen LogP contribution >= 0.6 is 0 Å². The van der Waals surface area contributed by atoms with Crippen LogP contribution in [-0.2, 0) is 6.54 Å². The van der Waals surface area contributed by atoms with Gasteiger partial charge in [-0.2, -0.15) is 0 Å². The predicted molar refractivity (Wildman–Crippen MR) is 114 cm³/mol. The minimum Gasteiger partial charge on any atom is -0.294 e. The second-order valence-electron chi connectivity index (χ2n) is 7.07. The SMILES string of the molecule is Cc1ccc(N2C(=O)NC(=NCc3ccccc3)C2c2ccccc2)cc1C. The highest BCUT2D eigenvalue weighted by Gasteiger charge is 2.38. The standard InChI is InChI=1S/C24H23N3O/c1-17-13-14-21(15-18(17)2)27-22(20-11-7-4-8-12-20)23(26-24(27)28)25-16-19-9-5-3-6-10-19/h3-15,22H,16H2,1-2H3,(H,25,26,28). The molecule has 28 heavy (non-hydrogen) atoms. The van der Waals surface area contributed by atoms with Crippen molar-refractivity contribution in [2.24, 2.45) is 4.99 Å². The monoisotopic (exact) mass is 369 g/mol. The van der Waals surface area contributed by atoms with Gasteiger partial charge in [0.2, 0.25) is 0 Å². The van der Waals surface area contributed by atoms with E-state index in [4.69, 9.17) is 4.99 Å². The lowest BCUT2D eigenvalue weighted by atomic mass is 10.0. The van der Waals surface area contributed by atoms with Gasteiger partial charge in [0.1, 0.15) is 11.9 Å². The maximum Gasteiger partial charge on any atom is 0.328 e. The Labute approximate surface area is 165 Å². The van der Waals surface area contributed by atoms with Crippen molar-refractivity contribution >= 4 is 17.6 Å². The molecule has 0 aliphatic carbocycles. The second-order valence-corrected chi connectivity index (χ2v) is 7.07. The molecule has 1 heterocycles. The van der Waals surface area contributed by atoms with Crippen molar-refractivity contribution < 1.29 is 4.79 Å². The van der Waals surface area contributed by atoms with E-state index in [0.29, 0.717) is 12.4 Å². The Morgan fingerprint density at radius 3 is 2.25 bits per heavy atom. The Morgan fingerprint density at radius 1 is 0.893 bits per heavy atom. The number of hydrogen-bond donors (Lipinski definition) is 1. The fourth-order valence-corrected chi connectivity index (χ4v) is 3.45. The number of amides is 2. The number of rotatable bonds is 4. The number of nitrogens with one attached hydrogen (secondary N) is 1. The molecule has 0 radical (unpaired) electrons. The zero-order valence-electron chi connectivity index (χ0n) is 16.1. The van der Waals surface area contributed by atoms with Gasteiger partial charge in [-0.25, -0.2) is 4.79 Å². The molecule has 0 bridgehead atoms. The van der Waals surface area contributed by atoms with E-state index < -0.39 is 0 Å². The first kappa shape index (κ1) is 18.0. The average molecular weight is 369 g/mol. The van der Waals surface area contributed by atoms with Gasteiger partial charge < -0.3 is 0 Å². The molecule has 4 rings (SSSR count). The summed E-state index contributed by atoms with van der Waals surface area (Å²) in [7, 11) is 0. The second kappa shape index (κ2) is 7.69. The smallest absolute Gasteiger partial charge is 0.294 e. The Balaban J connectivity index is 1.75. The lowest BCUT2D eigenvalue weighted by molar-refractivity contribution is 0.252. The molecule has 1 unspecified atom stereocenters. The number of aryl methyl sites for hydroxylation is 2. The van der Waals surface area contributed by atoms with E-state index in [1.807, 2.05) is 66.7 Å². The van der Waals surface area contributed by atoms with Crippen LogP contribution in [0.25, 0.3) is 0 Å². The van der Waals surface area contributed by atoms with Gasteiger partial charge in [-0.05, 0) is 48.2 Å². The Bertz CT molecular complexity index is 1010. The van der Waals surface area contributed by atoms with Crippen LogP contribution in [0.3, 0.4) is 0 Å². The summed E-state index contributed by atoms with van der Waals surface area (Å²) in [6.45, 7) is 4.67. The lowest BCUT2D eigenvalue weighted by Crippen LogP contribution is -2.29. The van der Waals surface area contributed by atoms with Gasteiger partial charge in [0.15, 0.2) is 0 Å². The molecule has 1 atom stereocenters. The number of benzene rings is 3. The van der Waals surface area contributed by atoms with Crippen LogP contribution in [0, 0.1) is 13.8 Å². The molecule has 1 aliphatic heterocycles. The Kier molecular flexibility index (Phi) is 4.94. The van der Waals surface area contributed by atoms with Crippen molar-refractivity contribution in [3.8, 4) is 0 Å². The minimum absolute atomic E-state index is 0.149. The lowest BCUT2D eigenvalue weighted by Gasteiger charge is -2.24. The van der Waals surface area contributed by atoms with Crippen molar-refractivity contribution in [3.63, 3.8) is 0 Å². The fourth-order valence-electron chi connectivity index (χ4n) is 3.45. The van der Waals surface area contributed by atoms with Gasteiger partial charge in [-0.1, -0.05) is 66.7 Å². The first-order valence-corrected chi connectivity index (χ1v) is 9.44. The summed E-state index contributed by atoms with van der Waals surface area (Å²) in [4.78, 5) is 19.5. The fraction of sp³-hybridized carbons (Fsp3) is 0.167. The van der Waals surface area contributed by atoms with Crippen molar-refractivity contribution in [1.82, 2.24) is 5.32 Å². The Morgan fingerprint density at radius 2 is 1.57 bits per heavy atom. The zero-order chi connectivity index (χ0) is 19.5. The topological polar surface area (TPSA) is 44.7 Å². The number of carbonyl (C=O) groups excluding carboxylic acids is 1. The maximum atomic E-state index is 12.9. The first-order chi connectivity index (χ1) is 13.6. The van der Waals surface area contributed by atoms with Gasteiger partial charge in [0, 0.05) is 5.69 Å². The summed E-state index contributed by atoms with van der Waals surface area (Å²) < 4.78 is 0. The van der Waals surface area contributed by atoms with Crippen LogP contribution in [0.1, 0.15) is 28.3 Å². The highest BCUT2D eigenvalue weighted by molar-refractivity contribution is 6.16. The quantitative estimate of drug-likeness (QED) is 0.677. The zero-order valence-corrected chi connectivity index (χ0v) is 16.1. The van der Waals surface area contributed by atoms with E-state index in [9.17, 15) is 4.79 Å². The average Bonchev–Trinajstić information content (AvgIpc) is 3.06. The van der Waals surface area contributed by atoms with Crippen molar-refractivity contribution in [3.05, 3.63) is 101 Å². The number of amidine groups is 1. The number of urea groups is 1. The van der Waals surface area contributed by atoms with Crippen LogP contribution in [0.15, 0.2) is 83.9 Å². The van der Waals surface area contributed by atoms with E-state index in [1.165, 1.54) is 5.56 Å². The maximum absolute atomic E-state index is 12.9. The normalized spacial score (nSPS) is 17.8. The summed E-state index contributed by atoms with van der Waals surface area (Å²) in [5.41, 5.74) is 5.38. The third-order valence-corrected chi connectivity index (χ3v) is 5.13. The molecule has 1 saturated heterocycles. The molecule has 0 saturated carbocycles. The van der Waals surface area contributed by atoms with Crippen molar-refractivity contribution in [2.75, 3.05) is 4.90 Å². The van der Waals surface area contributed by atoms with E-state index in [1.54, 1.807) is 4.90 Å². The van der Waals surface area contributed by atoms with E-state index in [-0.39, 0.29) is 12.1 Å². The van der Waals surface area contributed by atoms with Gasteiger partial charge in [0.25, 0.3) is 0 Å². The number of aliphatic imine (C=N–C) groups is 1. The molecule has 0 spiro atoms. The van der Waals surface area contributed by atoms with Crippen molar-refractivity contribution in [2.45, 2.75) is 26.4 Å². The van der Waals surface area contributed by atoms with Crippen LogP contribution < -0.4 is 10.2 Å². The molecule has 4 heteroatoms. The Hall–Kier alpha value is -3.40. The molecular weight excluding hydrogens is 346 g/mol. The van der Waals surface area contributed by atoms with E-state index in [0.717, 1.165) is 22.4 Å². The van der Waals surface area contributed by atoms with Crippen LogP contribution in [-0.4, -0.2) is 11.9 Å². The largest absolute Gasteiger partial charge is 0.328 e. The highest BCUT2D eigenvalue weighted by atomic mass is 16.2. The van der Waals surface area contributed by atoms with E-state index >= 15 is 0 Å². The van der Waals surface area contributed by atoms with Gasteiger partial charge in [0.05, 0.1) is 6.54 Å². The summed E-state index contributed by atoms with van der Waals surface area (Å²) in [6.07, 6.45) is 0. The molecule has 3 aromatic rings. The van der Waals surface area contributed by atoms with Gasteiger partial charge in [-0.15, -0.1) is 0 Å². The third-order valence-electron chi connectivity index (χ3n) is 5.13. The minimum atomic E-state index is -0.264. The molecule has 140 valence electrons. The number of carbonyl (C=O) groups is 1. The van der Waals surface area contributed by atoms with Crippen LogP contribution in [0.4, 0.5) is 10.5 Å². The number of hydrogen-bond acceptors (Lipinski definition) is 2. The van der Waals surface area contributed by atoms with Crippen LogP contribution in [0.5, 0.6) is 0 Å². The molecule has 3 aromatic carbocycles. The number of nitrogens with zero attached hydrogens (tertiary/aromatic N) is 2. The van der Waals surface area contributed by atoms with Crippen molar-refractivity contribution in [1.29, 1.82) is 0 Å². The molecule has 2 amide bonds. The van der Waals surface area contributed by atoms with Crippen LogP contribution in [0.2, 0.25) is 0 Å². The molecule has 1 aliphatic rings. The summed E-state index contributed by atoms with van der Waals surface area (Å²) in [6, 6.07) is 25.8. The predicted octanol–water partition coefficient (Wildman–Crippen LogP) is 5.17. The first-order valence-electron chi connectivity index (χ1n) is 9.44. The van der Waals surface area contributed by atoms with Gasteiger partial charge >= 0.3 is 6.03 Å². The summed E-state index contributed by atoms with van der Waals surface area (Å²) in [5, 5.41) is 2.99. The molecule has 1 N–H and O–H groups in total. The number of anilines is 1. The molecule has 4 nitrogen and oxygen atoms in total.